The highest BCUT2D eigenvalue weighted by atomic mass is 15.0. The Morgan fingerprint density at radius 1 is 1.10 bits per heavy atom. The molecule has 0 radical (unpaired) electrons. The summed E-state index contributed by atoms with van der Waals surface area (Å²) < 4.78 is 0. The van der Waals surface area contributed by atoms with Gasteiger partial charge in [-0.1, -0.05) is 34.6 Å². The molecule has 1 aliphatic carbocycles. The Morgan fingerprint density at radius 2 is 1.71 bits per heavy atom. The molecule has 0 aliphatic heterocycles. The van der Waals surface area contributed by atoms with E-state index in [9.17, 15) is 0 Å². The van der Waals surface area contributed by atoms with Gasteiger partial charge < -0.3 is 10.6 Å². The van der Waals surface area contributed by atoms with Crippen LogP contribution < -0.4 is 10.6 Å². The minimum Gasteiger partial charge on any atom is -0.384 e. The standard InChI is InChI=1S/C18H31N3/c1-6-7-20-14-8-15(12-19-11-14)21-16-9-17(2,3)13-18(4,5)10-16/h8,11-12,16,20-21H,6-7,9-10,13H2,1-5H3. The zero-order chi connectivity index (χ0) is 15.5. The second kappa shape index (κ2) is 6.25. The molecule has 1 heterocycles. The predicted octanol–water partition coefficient (Wildman–Crippen LogP) is 4.92. The van der Waals surface area contributed by atoms with Crippen molar-refractivity contribution in [2.45, 2.75) is 66.3 Å². The molecule has 1 aromatic rings. The Kier molecular flexibility index (Phi) is 4.80. The monoisotopic (exact) mass is 289 g/mol. The maximum atomic E-state index is 4.35. The fourth-order valence-corrected chi connectivity index (χ4v) is 4.07. The van der Waals surface area contributed by atoms with Crippen LogP contribution in [0.15, 0.2) is 18.5 Å². The average molecular weight is 289 g/mol. The topological polar surface area (TPSA) is 37.0 Å². The minimum atomic E-state index is 0.408. The van der Waals surface area contributed by atoms with E-state index in [0.29, 0.717) is 16.9 Å². The lowest BCUT2D eigenvalue weighted by Gasteiger charge is -2.45. The fourth-order valence-electron chi connectivity index (χ4n) is 4.07. The van der Waals surface area contributed by atoms with Crippen LogP contribution in [0.25, 0.3) is 0 Å². The molecule has 1 fully saturated rings. The molecule has 1 aromatic heterocycles. The Balaban J connectivity index is 2.03. The van der Waals surface area contributed by atoms with Gasteiger partial charge in [-0.05, 0) is 42.6 Å². The van der Waals surface area contributed by atoms with Crippen LogP contribution in [0.3, 0.4) is 0 Å². The molecule has 0 bridgehead atoms. The molecule has 0 aromatic carbocycles. The normalized spacial score (nSPS) is 21.0. The van der Waals surface area contributed by atoms with E-state index in [-0.39, 0.29) is 0 Å². The number of pyridine rings is 1. The quantitative estimate of drug-likeness (QED) is 0.807. The van der Waals surface area contributed by atoms with Gasteiger partial charge in [0.05, 0.1) is 23.8 Å². The van der Waals surface area contributed by atoms with E-state index >= 15 is 0 Å². The first-order valence-electron chi connectivity index (χ1n) is 8.25. The van der Waals surface area contributed by atoms with E-state index in [1.54, 1.807) is 0 Å². The maximum Gasteiger partial charge on any atom is 0.0549 e. The van der Waals surface area contributed by atoms with Crippen LogP contribution in [-0.4, -0.2) is 17.6 Å². The molecule has 3 heteroatoms. The van der Waals surface area contributed by atoms with E-state index in [0.717, 1.165) is 24.3 Å². The second-order valence-corrected chi connectivity index (χ2v) is 8.14. The third-order valence-electron chi connectivity index (χ3n) is 4.24. The molecule has 21 heavy (non-hydrogen) atoms. The number of aromatic nitrogens is 1. The van der Waals surface area contributed by atoms with Crippen LogP contribution in [0.2, 0.25) is 0 Å². The van der Waals surface area contributed by atoms with Crippen LogP contribution in [0, 0.1) is 10.8 Å². The van der Waals surface area contributed by atoms with Crippen molar-refractivity contribution in [3.8, 4) is 0 Å². The van der Waals surface area contributed by atoms with E-state index in [1.165, 1.54) is 19.3 Å². The van der Waals surface area contributed by atoms with Crippen molar-refractivity contribution < 1.29 is 0 Å². The maximum absolute atomic E-state index is 4.35. The van der Waals surface area contributed by atoms with Gasteiger partial charge in [-0.15, -0.1) is 0 Å². The molecule has 0 amide bonds. The summed E-state index contributed by atoms with van der Waals surface area (Å²) in [7, 11) is 0. The van der Waals surface area contributed by atoms with Crippen LogP contribution in [0.4, 0.5) is 11.4 Å². The van der Waals surface area contributed by atoms with Crippen molar-refractivity contribution in [2.75, 3.05) is 17.2 Å². The summed E-state index contributed by atoms with van der Waals surface area (Å²) in [5.74, 6) is 0. The highest BCUT2D eigenvalue weighted by Gasteiger charge is 2.38. The zero-order valence-electron chi connectivity index (χ0n) is 14.3. The molecule has 1 aliphatic rings. The lowest BCUT2D eigenvalue weighted by molar-refractivity contribution is 0.105. The number of hydrogen-bond donors (Lipinski definition) is 2. The van der Waals surface area contributed by atoms with Gasteiger partial charge in [-0.2, -0.15) is 0 Å². The predicted molar refractivity (Wildman–Crippen MR) is 91.8 cm³/mol. The van der Waals surface area contributed by atoms with E-state index in [1.807, 2.05) is 12.4 Å². The van der Waals surface area contributed by atoms with Crippen molar-refractivity contribution in [1.82, 2.24) is 4.98 Å². The van der Waals surface area contributed by atoms with Crippen molar-refractivity contribution in [2.24, 2.45) is 10.8 Å². The van der Waals surface area contributed by atoms with Crippen molar-refractivity contribution in [3.63, 3.8) is 0 Å². The number of hydrogen-bond acceptors (Lipinski definition) is 3. The lowest BCUT2D eigenvalue weighted by Crippen LogP contribution is -2.40. The third-order valence-corrected chi connectivity index (χ3v) is 4.24. The zero-order valence-corrected chi connectivity index (χ0v) is 14.3. The van der Waals surface area contributed by atoms with E-state index in [4.69, 9.17) is 0 Å². The first-order chi connectivity index (χ1) is 9.80. The Bertz CT molecular complexity index is 449. The molecule has 2 rings (SSSR count). The Morgan fingerprint density at radius 3 is 2.33 bits per heavy atom. The number of nitrogens with zero attached hydrogens (tertiary/aromatic N) is 1. The summed E-state index contributed by atoms with van der Waals surface area (Å²) in [5.41, 5.74) is 3.06. The molecule has 0 unspecified atom stereocenters. The van der Waals surface area contributed by atoms with Crippen molar-refractivity contribution in [3.05, 3.63) is 18.5 Å². The number of anilines is 2. The van der Waals surface area contributed by atoms with Gasteiger partial charge in [-0.25, -0.2) is 0 Å². The first kappa shape index (κ1) is 16.1. The highest BCUT2D eigenvalue weighted by Crippen LogP contribution is 2.46. The smallest absolute Gasteiger partial charge is 0.0549 e. The number of nitrogens with one attached hydrogen (secondary N) is 2. The van der Waals surface area contributed by atoms with Gasteiger partial charge in [-0.3, -0.25) is 4.98 Å². The minimum absolute atomic E-state index is 0.408. The van der Waals surface area contributed by atoms with Gasteiger partial charge in [0.15, 0.2) is 0 Å². The van der Waals surface area contributed by atoms with Crippen LogP contribution >= 0.6 is 0 Å². The molecular formula is C18H31N3. The van der Waals surface area contributed by atoms with Crippen molar-refractivity contribution in [1.29, 1.82) is 0 Å². The Hall–Kier alpha value is -1.25. The molecule has 1 saturated carbocycles. The molecule has 0 atom stereocenters. The summed E-state index contributed by atoms with van der Waals surface area (Å²) in [4.78, 5) is 4.35. The van der Waals surface area contributed by atoms with Gasteiger partial charge in [0.2, 0.25) is 0 Å². The van der Waals surface area contributed by atoms with Gasteiger partial charge in [0.1, 0.15) is 0 Å². The molecule has 0 saturated heterocycles. The summed E-state index contributed by atoms with van der Waals surface area (Å²) in [5, 5.41) is 7.11. The van der Waals surface area contributed by atoms with Gasteiger partial charge in [0.25, 0.3) is 0 Å². The van der Waals surface area contributed by atoms with Gasteiger partial charge >= 0.3 is 0 Å². The fraction of sp³-hybridized carbons (Fsp3) is 0.722. The summed E-state index contributed by atoms with van der Waals surface area (Å²) >= 11 is 0. The summed E-state index contributed by atoms with van der Waals surface area (Å²) in [6, 6.07) is 2.71. The third kappa shape index (κ3) is 4.90. The molecular weight excluding hydrogens is 258 g/mol. The molecule has 2 N–H and O–H groups in total. The van der Waals surface area contributed by atoms with E-state index < -0.39 is 0 Å². The molecule has 3 nitrogen and oxygen atoms in total. The SMILES string of the molecule is CCCNc1cncc(NC2CC(C)(C)CC(C)(C)C2)c1. The average Bonchev–Trinajstić information content (AvgIpc) is 2.33. The van der Waals surface area contributed by atoms with Crippen molar-refractivity contribution >= 4 is 11.4 Å². The Labute approximate surface area is 129 Å². The highest BCUT2D eigenvalue weighted by molar-refractivity contribution is 5.54. The van der Waals surface area contributed by atoms with Crippen LogP contribution in [0.1, 0.15) is 60.3 Å². The largest absolute Gasteiger partial charge is 0.384 e. The summed E-state index contributed by atoms with van der Waals surface area (Å²) in [6.45, 7) is 12.7. The second-order valence-electron chi connectivity index (χ2n) is 8.14. The van der Waals surface area contributed by atoms with Gasteiger partial charge in [0, 0.05) is 12.6 Å². The van der Waals surface area contributed by atoms with E-state index in [2.05, 4.69) is 56.3 Å². The summed E-state index contributed by atoms with van der Waals surface area (Å²) in [6.07, 6.45) is 8.71. The molecule has 118 valence electrons. The van der Waals surface area contributed by atoms with Crippen LogP contribution in [-0.2, 0) is 0 Å². The number of rotatable bonds is 5. The van der Waals surface area contributed by atoms with Crippen LogP contribution in [0.5, 0.6) is 0 Å². The lowest BCUT2D eigenvalue weighted by atomic mass is 9.63. The molecule has 0 spiro atoms. The first-order valence-corrected chi connectivity index (χ1v) is 8.25.